The maximum absolute atomic E-state index is 12.9. The fourth-order valence-electron chi connectivity index (χ4n) is 2.50. The molecule has 5 nitrogen and oxygen atoms in total. The standard InChI is InChI=1S/C16H14N2O3S/c1-11-12(2)17(22(21)14-6-4-3-5-7-14)16-9-8-13(18(19)20)10-15(11)16/h3-10H,1-2H3. The predicted octanol–water partition coefficient (Wildman–Crippen LogP) is 3.74. The van der Waals surface area contributed by atoms with E-state index in [1.807, 2.05) is 44.2 Å². The van der Waals surface area contributed by atoms with Crippen LogP contribution in [0.15, 0.2) is 53.4 Å². The van der Waals surface area contributed by atoms with Crippen LogP contribution >= 0.6 is 0 Å². The van der Waals surface area contributed by atoms with Gasteiger partial charge in [-0.3, -0.25) is 14.1 Å². The van der Waals surface area contributed by atoms with Gasteiger partial charge in [-0.15, -0.1) is 0 Å². The maximum Gasteiger partial charge on any atom is 0.270 e. The van der Waals surface area contributed by atoms with Crippen LogP contribution in [0.1, 0.15) is 11.3 Å². The van der Waals surface area contributed by atoms with Crippen molar-refractivity contribution in [2.75, 3.05) is 0 Å². The molecule has 0 spiro atoms. The normalized spacial score (nSPS) is 12.5. The van der Waals surface area contributed by atoms with Crippen molar-refractivity contribution in [3.05, 3.63) is 69.9 Å². The Kier molecular flexibility index (Phi) is 3.54. The molecule has 2 aromatic carbocycles. The topological polar surface area (TPSA) is 65.1 Å². The third-order valence-electron chi connectivity index (χ3n) is 3.77. The summed E-state index contributed by atoms with van der Waals surface area (Å²) >= 11 is 0. The van der Waals surface area contributed by atoms with Gasteiger partial charge >= 0.3 is 0 Å². The van der Waals surface area contributed by atoms with E-state index in [1.165, 1.54) is 12.1 Å². The second-order valence-electron chi connectivity index (χ2n) is 5.03. The van der Waals surface area contributed by atoms with Crippen LogP contribution in [0.3, 0.4) is 0 Å². The molecule has 3 rings (SSSR count). The number of aryl methyl sites for hydroxylation is 1. The largest absolute Gasteiger partial charge is 0.270 e. The second-order valence-corrected chi connectivity index (χ2v) is 6.36. The molecule has 1 atom stereocenters. The van der Waals surface area contributed by atoms with Gasteiger partial charge in [0.05, 0.1) is 15.3 Å². The zero-order valence-corrected chi connectivity index (χ0v) is 13.0. The zero-order valence-electron chi connectivity index (χ0n) is 12.1. The summed E-state index contributed by atoms with van der Waals surface area (Å²) in [5.74, 6) is 0. The lowest BCUT2D eigenvalue weighted by molar-refractivity contribution is -0.384. The van der Waals surface area contributed by atoms with Gasteiger partial charge in [0, 0.05) is 23.2 Å². The summed E-state index contributed by atoms with van der Waals surface area (Å²) in [5, 5.41) is 11.7. The molecule has 1 heterocycles. The van der Waals surface area contributed by atoms with Gasteiger partial charge in [0.1, 0.15) is 0 Å². The molecule has 0 amide bonds. The molecule has 0 aliphatic rings. The van der Waals surface area contributed by atoms with E-state index in [4.69, 9.17) is 0 Å². The zero-order chi connectivity index (χ0) is 15.9. The summed E-state index contributed by atoms with van der Waals surface area (Å²) in [6.45, 7) is 3.77. The number of nitro groups is 1. The van der Waals surface area contributed by atoms with E-state index in [-0.39, 0.29) is 5.69 Å². The van der Waals surface area contributed by atoms with Crippen LogP contribution in [0.25, 0.3) is 10.9 Å². The third kappa shape index (κ3) is 2.21. The molecule has 0 saturated heterocycles. The molecule has 22 heavy (non-hydrogen) atoms. The Balaban J connectivity index is 2.25. The SMILES string of the molecule is Cc1c(C)n(S(=O)c2ccccc2)c2ccc([N+](=O)[O-])cc12. The first-order chi connectivity index (χ1) is 10.5. The van der Waals surface area contributed by atoms with Crippen LogP contribution in [-0.2, 0) is 11.0 Å². The van der Waals surface area contributed by atoms with E-state index in [0.29, 0.717) is 4.90 Å². The summed E-state index contributed by atoms with van der Waals surface area (Å²) < 4.78 is 14.6. The number of aromatic nitrogens is 1. The molecular weight excluding hydrogens is 300 g/mol. The van der Waals surface area contributed by atoms with E-state index >= 15 is 0 Å². The number of nitro benzene ring substituents is 1. The summed E-state index contributed by atoms with van der Waals surface area (Å²) in [4.78, 5) is 11.2. The van der Waals surface area contributed by atoms with Gasteiger partial charge in [-0.05, 0) is 37.6 Å². The van der Waals surface area contributed by atoms with Crippen molar-refractivity contribution in [3.63, 3.8) is 0 Å². The highest BCUT2D eigenvalue weighted by Gasteiger charge is 2.19. The fourth-order valence-corrected chi connectivity index (χ4v) is 3.82. The molecule has 0 fully saturated rings. The number of rotatable bonds is 3. The molecule has 0 saturated carbocycles. The highest BCUT2D eigenvalue weighted by atomic mass is 32.2. The number of non-ortho nitro benzene ring substituents is 1. The quantitative estimate of drug-likeness (QED) is 0.546. The minimum absolute atomic E-state index is 0.0400. The number of nitrogens with zero attached hydrogens (tertiary/aromatic N) is 2. The lowest BCUT2D eigenvalue weighted by Gasteiger charge is -2.07. The van der Waals surface area contributed by atoms with Gasteiger partial charge in [-0.1, -0.05) is 18.2 Å². The Morgan fingerprint density at radius 2 is 1.77 bits per heavy atom. The van der Waals surface area contributed by atoms with Gasteiger partial charge in [-0.2, -0.15) is 0 Å². The molecule has 0 N–H and O–H groups in total. The summed E-state index contributed by atoms with van der Waals surface area (Å²) in [5.41, 5.74) is 2.53. The van der Waals surface area contributed by atoms with Crippen molar-refractivity contribution >= 4 is 27.6 Å². The molecule has 0 radical (unpaired) electrons. The van der Waals surface area contributed by atoms with Crippen molar-refractivity contribution < 1.29 is 9.13 Å². The molecule has 112 valence electrons. The lowest BCUT2D eigenvalue weighted by Crippen LogP contribution is -2.06. The smallest absolute Gasteiger partial charge is 0.259 e. The minimum Gasteiger partial charge on any atom is -0.259 e. The van der Waals surface area contributed by atoms with Gasteiger partial charge in [0.2, 0.25) is 0 Å². The average Bonchev–Trinajstić information content (AvgIpc) is 2.78. The predicted molar refractivity (Wildman–Crippen MR) is 86.3 cm³/mol. The fraction of sp³-hybridized carbons (Fsp3) is 0.125. The summed E-state index contributed by atoms with van der Waals surface area (Å²) in [7, 11) is -1.38. The van der Waals surface area contributed by atoms with Crippen molar-refractivity contribution in [1.82, 2.24) is 3.97 Å². The minimum atomic E-state index is -1.38. The van der Waals surface area contributed by atoms with E-state index in [9.17, 15) is 14.3 Å². The molecule has 0 bridgehead atoms. The number of benzene rings is 2. The molecular formula is C16H14N2O3S. The van der Waals surface area contributed by atoms with Gasteiger partial charge < -0.3 is 0 Å². The van der Waals surface area contributed by atoms with Gasteiger partial charge in [-0.25, -0.2) is 4.21 Å². The average molecular weight is 314 g/mol. The molecule has 3 aromatic rings. The Morgan fingerprint density at radius 1 is 1.09 bits per heavy atom. The number of fused-ring (bicyclic) bond motifs is 1. The highest BCUT2D eigenvalue weighted by Crippen LogP contribution is 2.30. The molecule has 6 heteroatoms. The Morgan fingerprint density at radius 3 is 2.41 bits per heavy atom. The van der Waals surface area contributed by atoms with Crippen LogP contribution < -0.4 is 0 Å². The summed E-state index contributed by atoms with van der Waals surface area (Å²) in [6.07, 6.45) is 0. The van der Waals surface area contributed by atoms with Crippen LogP contribution in [0.5, 0.6) is 0 Å². The molecule has 0 aliphatic carbocycles. The van der Waals surface area contributed by atoms with E-state index < -0.39 is 15.9 Å². The van der Waals surface area contributed by atoms with Crippen molar-refractivity contribution in [1.29, 1.82) is 0 Å². The van der Waals surface area contributed by atoms with Crippen LogP contribution in [-0.4, -0.2) is 13.1 Å². The molecule has 0 aliphatic heterocycles. The van der Waals surface area contributed by atoms with Crippen molar-refractivity contribution in [3.8, 4) is 0 Å². The third-order valence-corrected chi connectivity index (χ3v) is 5.25. The van der Waals surface area contributed by atoms with E-state index in [2.05, 4.69) is 0 Å². The van der Waals surface area contributed by atoms with E-state index in [1.54, 1.807) is 10.0 Å². The van der Waals surface area contributed by atoms with Crippen LogP contribution in [0, 0.1) is 24.0 Å². The number of hydrogen-bond donors (Lipinski definition) is 0. The first-order valence-electron chi connectivity index (χ1n) is 6.74. The first kappa shape index (κ1) is 14.5. The van der Waals surface area contributed by atoms with Crippen LogP contribution in [0.4, 0.5) is 5.69 Å². The number of hydrogen-bond acceptors (Lipinski definition) is 3. The monoisotopic (exact) mass is 314 g/mol. The Labute approximate surface area is 129 Å². The lowest BCUT2D eigenvalue weighted by atomic mass is 10.1. The van der Waals surface area contributed by atoms with Crippen LogP contribution in [0.2, 0.25) is 0 Å². The van der Waals surface area contributed by atoms with Crippen molar-refractivity contribution in [2.24, 2.45) is 0 Å². The molecule has 1 unspecified atom stereocenters. The van der Waals surface area contributed by atoms with Gasteiger partial charge in [0.25, 0.3) is 5.69 Å². The molecule has 1 aromatic heterocycles. The first-order valence-corrected chi connectivity index (χ1v) is 7.84. The maximum atomic E-state index is 12.9. The summed E-state index contributed by atoms with van der Waals surface area (Å²) in [6, 6.07) is 13.8. The highest BCUT2D eigenvalue weighted by molar-refractivity contribution is 7.83. The Bertz CT molecular complexity index is 901. The van der Waals surface area contributed by atoms with Crippen molar-refractivity contribution in [2.45, 2.75) is 18.7 Å². The van der Waals surface area contributed by atoms with E-state index in [0.717, 1.165) is 22.2 Å². The Hall–Kier alpha value is -2.47. The second kappa shape index (κ2) is 5.38. The van der Waals surface area contributed by atoms with Gasteiger partial charge in [0.15, 0.2) is 11.0 Å².